The molecule has 3 aromatic heterocycles. The van der Waals surface area contributed by atoms with Crippen LogP contribution in [-0.4, -0.2) is 19.2 Å². The molecule has 8 aromatic rings. The van der Waals surface area contributed by atoms with Gasteiger partial charge in [0.15, 0.2) is 5.82 Å². The minimum atomic E-state index is -0.296. The van der Waals surface area contributed by atoms with E-state index in [9.17, 15) is 0 Å². The zero-order chi connectivity index (χ0) is 42.1. The van der Waals surface area contributed by atoms with Gasteiger partial charge >= 0.3 is 0 Å². The van der Waals surface area contributed by atoms with Crippen molar-refractivity contribution in [3.05, 3.63) is 156 Å². The molecule has 3 heterocycles. The molecule has 0 aliphatic rings. The molecule has 7 heteroatoms. The third-order valence-corrected chi connectivity index (χ3v) is 11.0. The van der Waals surface area contributed by atoms with E-state index in [1.165, 1.54) is 16.7 Å². The van der Waals surface area contributed by atoms with E-state index < -0.39 is 0 Å². The molecule has 0 atom stereocenters. The summed E-state index contributed by atoms with van der Waals surface area (Å²) in [5.74, 6) is 2.84. The second kappa shape index (κ2) is 15.6. The summed E-state index contributed by atoms with van der Waals surface area (Å²) in [6.45, 7) is 26.8. The normalized spacial score (nSPS) is 12.5. The Morgan fingerprint density at radius 1 is 0.600 bits per heavy atom. The fraction of sp³-hybridized carbons (Fsp3) is 0.302. The average Bonchev–Trinajstić information content (AvgIpc) is 3.78. The van der Waals surface area contributed by atoms with Crippen LogP contribution in [0.25, 0.3) is 50.1 Å². The summed E-state index contributed by atoms with van der Waals surface area (Å²) >= 11 is 0. The number of rotatable bonds is 6. The van der Waals surface area contributed by atoms with E-state index in [1.807, 2.05) is 39.7 Å². The first-order valence-electron chi connectivity index (χ1n) is 20.6. The first kappa shape index (κ1) is 42.8. The Morgan fingerprint density at radius 2 is 1.25 bits per heavy atom. The molecule has 0 saturated heterocycles. The van der Waals surface area contributed by atoms with Gasteiger partial charge in [-0.25, -0.2) is 4.98 Å². The molecule has 5 aromatic carbocycles. The number of hydrogen-bond acceptors (Lipinski definition) is 3. The Balaban J connectivity index is 0.00000544. The van der Waals surface area contributed by atoms with Crippen molar-refractivity contribution < 1.29 is 30.5 Å². The SMILES string of the molecule is CC(C)(C)c1cc(-[n+]2[c-]n(-c3[c-]c(Oc4[c-]c5c(c(-c6ccccc6)c4)c4ccccc4n5-c4cc(C(C)(C)C)ccn4)ccc3)c(C(C)(C)C)n2)cc(C(C)(C)C)c1.[Pt]. The number of ether oxygens (including phenoxy) is 1. The molecule has 60 heavy (non-hydrogen) atoms. The van der Waals surface area contributed by atoms with Crippen LogP contribution in [0.1, 0.15) is 106 Å². The van der Waals surface area contributed by atoms with E-state index in [0.717, 1.165) is 55.9 Å². The van der Waals surface area contributed by atoms with Crippen LogP contribution in [0.2, 0.25) is 0 Å². The van der Waals surface area contributed by atoms with Crippen molar-refractivity contribution in [2.75, 3.05) is 0 Å². The maximum Gasteiger partial charge on any atom is 0.271 e. The number of para-hydroxylation sites is 1. The summed E-state index contributed by atoms with van der Waals surface area (Å²) < 4.78 is 12.9. The molecule has 0 saturated carbocycles. The van der Waals surface area contributed by atoms with Crippen LogP contribution < -0.4 is 9.42 Å². The first-order chi connectivity index (χ1) is 27.8. The van der Waals surface area contributed by atoms with Gasteiger partial charge in [0, 0.05) is 49.7 Å². The van der Waals surface area contributed by atoms with Gasteiger partial charge in [0.1, 0.15) is 5.82 Å². The molecule has 0 aliphatic heterocycles. The zero-order valence-corrected chi connectivity index (χ0v) is 39.2. The van der Waals surface area contributed by atoms with E-state index >= 15 is 0 Å². The van der Waals surface area contributed by atoms with Crippen molar-refractivity contribution in [1.29, 1.82) is 0 Å². The molecule has 0 unspecified atom stereocenters. The molecule has 0 spiro atoms. The monoisotopic (exact) mass is 972 g/mol. The first-order valence-corrected chi connectivity index (χ1v) is 20.6. The molecular weight excluding hydrogens is 918 g/mol. The van der Waals surface area contributed by atoms with Crippen molar-refractivity contribution in [2.24, 2.45) is 0 Å². The van der Waals surface area contributed by atoms with Gasteiger partial charge < -0.3 is 13.9 Å². The van der Waals surface area contributed by atoms with Crippen LogP contribution in [0.4, 0.5) is 0 Å². The molecule has 8 rings (SSSR count). The Kier molecular flexibility index (Phi) is 11.1. The van der Waals surface area contributed by atoms with E-state index in [0.29, 0.717) is 11.5 Å². The quantitative estimate of drug-likeness (QED) is 0.123. The summed E-state index contributed by atoms with van der Waals surface area (Å²) in [5, 5.41) is 7.42. The number of fused-ring (bicyclic) bond motifs is 3. The summed E-state index contributed by atoms with van der Waals surface area (Å²) in [6, 6.07) is 45.5. The van der Waals surface area contributed by atoms with Crippen molar-refractivity contribution in [3.63, 3.8) is 0 Å². The largest absolute Gasteiger partial charge is 0.510 e. The van der Waals surface area contributed by atoms with Gasteiger partial charge in [-0.1, -0.05) is 166 Å². The fourth-order valence-electron chi connectivity index (χ4n) is 7.55. The van der Waals surface area contributed by atoms with Crippen molar-refractivity contribution >= 4 is 21.8 Å². The topological polar surface area (TPSA) is 48.8 Å². The van der Waals surface area contributed by atoms with Crippen LogP contribution in [0.15, 0.2) is 115 Å². The van der Waals surface area contributed by atoms with Crippen LogP contribution in [0, 0.1) is 18.5 Å². The second-order valence-electron chi connectivity index (χ2n) is 19.8. The van der Waals surface area contributed by atoms with Gasteiger partial charge in [-0.2, -0.15) is 16.8 Å². The molecule has 0 fully saturated rings. The molecule has 0 amide bonds. The number of hydrogen-bond donors (Lipinski definition) is 0. The molecule has 0 bridgehead atoms. The smallest absolute Gasteiger partial charge is 0.271 e. The molecule has 310 valence electrons. The summed E-state index contributed by atoms with van der Waals surface area (Å²) in [5.41, 5.74) is 9.17. The van der Waals surface area contributed by atoms with Gasteiger partial charge in [0.25, 0.3) is 6.33 Å². The third kappa shape index (κ3) is 8.37. The van der Waals surface area contributed by atoms with Gasteiger partial charge in [-0.15, -0.1) is 34.9 Å². The van der Waals surface area contributed by atoms with Crippen molar-refractivity contribution in [3.8, 4) is 39.8 Å². The minimum absolute atomic E-state index is 0. The van der Waals surface area contributed by atoms with E-state index in [4.69, 9.17) is 14.8 Å². The standard InChI is InChI=1S/C53H55N5O.Pt/c1-50(2,3)36-25-26-54-47(30-36)58-45-24-17-16-23-43(45)48-44(35-19-14-13-15-20-35)32-42(33-46(48)58)59-41-22-18-21-39(31-41)56-34-57(55-49(56)53(10,11)12)40-28-37(51(4,5)6)27-38(29-40)52(7,8)9;/h13-30,32H,1-12H3;/q-2;. The van der Waals surface area contributed by atoms with Crippen molar-refractivity contribution in [2.45, 2.75) is 105 Å². The molecule has 6 nitrogen and oxygen atoms in total. The number of benzene rings is 5. The second-order valence-corrected chi connectivity index (χ2v) is 19.8. The Labute approximate surface area is 370 Å². The number of nitrogens with zero attached hydrogens (tertiary/aromatic N) is 5. The van der Waals surface area contributed by atoms with Crippen molar-refractivity contribution in [1.82, 2.24) is 19.2 Å². The molecule has 0 aliphatic carbocycles. The predicted octanol–water partition coefficient (Wildman–Crippen LogP) is 12.7. The van der Waals surface area contributed by atoms with Crippen LogP contribution in [0.3, 0.4) is 0 Å². The number of aromatic nitrogens is 5. The van der Waals surface area contributed by atoms with Crippen LogP contribution >= 0.6 is 0 Å². The van der Waals surface area contributed by atoms with Gasteiger partial charge in [-0.05, 0) is 62.1 Å². The van der Waals surface area contributed by atoms with Gasteiger partial charge in [-0.3, -0.25) is 0 Å². The summed E-state index contributed by atoms with van der Waals surface area (Å²) in [4.78, 5) is 4.92. The Morgan fingerprint density at radius 3 is 1.90 bits per heavy atom. The summed E-state index contributed by atoms with van der Waals surface area (Å²) in [7, 11) is 0. The van der Waals surface area contributed by atoms with Gasteiger partial charge in [0.2, 0.25) is 0 Å². The summed E-state index contributed by atoms with van der Waals surface area (Å²) in [6.07, 6.45) is 5.50. The molecular formula is C53H55N5OPt-2. The molecule has 0 radical (unpaired) electrons. The van der Waals surface area contributed by atoms with E-state index in [1.54, 1.807) is 0 Å². The maximum absolute atomic E-state index is 6.80. The van der Waals surface area contributed by atoms with Crippen LogP contribution in [-0.2, 0) is 42.7 Å². The van der Waals surface area contributed by atoms with E-state index in [2.05, 4.69) is 191 Å². The van der Waals surface area contributed by atoms with E-state index in [-0.39, 0.29) is 42.7 Å². The maximum atomic E-state index is 6.80. The Bertz CT molecular complexity index is 2810. The average molecular weight is 973 g/mol. The zero-order valence-electron chi connectivity index (χ0n) is 36.9. The third-order valence-electron chi connectivity index (χ3n) is 11.0. The minimum Gasteiger partial charge on any atom is -0.510 e. The fourth-order valence-corrected chi connectivity index (χ4v) is 7.55. The molecule has 0 N–H and O–H groups in total. The number of pyridine rings is 1. The van der Waals surface area contributed by atoms with Gasteiger partial charge in [0.05, 0.1) is 5.69 Å². The predicted molar refractivity (Wildman–Crippen MR) is 240 cm³/mol. The Hall–Kier alpha value is -5.32. The van der Waals surface area contributed by atoms with Crippen LogP contribution in [0.5, 0.6) is 11.5 Å².